The smallest absolute Gasteiger partial charge is 0.348 e. The molecule has 0 radical (unpaired) electrons. The van der Waals surface area contributed by atoms with Crippen LogP contribution in [-0.4, -0.2) is 71.5 Å². The van der Waals surface area contributed by atoms with Gasteiger partial charge in [-0.1, -0.05) is 0 Å². The first-order valence-corrected chi connectivity index (χ1v) is 11.0. The Labute approximate surface area is 184 Å². The molecule has 3 atom stereocenters. The highest BCUT2D eigenvalue weighted by Gasteiger charge is 2.45. The van der Waals surface area contributed by atoms with Gasteiger partial charge in [-0.2, -0.15) is 17.7 Å². The minimum atomic E-state index is -4.49. The average Bonchev–Trinajstić information content (AvgIpc) is 3.41. The first-order chi connectivity index (χ1) is 15.3. The minimum Gasteiger partial charge on any atom is -0.348 e. The molecule has 2 aromatic rings. The molecule has 9 heteroatoms. The van der Waals surface area contributed by atoms with Crippen LogP contribution in [0.1, 0.15) is 25.3 Å². The maximum absolute atomic E-state index is 13.5. The summed E-state index contributed by atoms with van der Waals surface area (Å²) in [6.45, 7) is 5.44. The van der Waals surface area contributed by atoms with E-state index in [0.29, 0.717) is 17.6 Å². The molecule has 5 rings (SSSR count). The van der Waals surface area contributed by atoms with Crippen molar-refractivity contribution in [2.24, 2.45) is 5.41 Å². The Balaban J connectivity index is 1.43. The maximum atomic E-state index is 13.5. The van der Waals surface area contributed by atoms with Gasteiger partial charge in [0, 0.05) is 37.3 Å². The van der Waals surface area contributed by atoms with Crippen molar-refractivity contribution in [3.05, 3.63) is 36.0 Å². The van der Waals surface area contributed by atoms with Crippen LogP contribution in [0.4, 0.5) is 18.9 Å². The van der Waals surface area contributed by atoms with Gasteiger partial charge in [-0.25, -0.2) is 0 Å². The van der Waals surface area contributed by atoms with Crippen LogP contribution < -0.4 is 5.32 Å². The second-order valence-electron chi connectivity index (χ2n) is 9.10. The van der Waals surface area contributed by atoms with E-state index < -0.39 is 17.8 Å². The number of ether oxygens (including phenoxy) is 1. The van der Waals surface area contributed by atoms with Gasteiger partial charge >= 0.3 is 6.18 Å². The first-order valence-electron chi connectivity index (χ1n) is 11.0. The van der Waals surface area contributed by atoms with Crippen LogP contribution >= 0.6 is 0 Å². The molecule has 1 amide bonds. The fraction of sp³-hybridized carbons (Fsp3) is 0.522. The fourth-order valence-electron chi connectivity index (χ4n) is 5.25. The largest absolute Gasteiger partial charge is 0.418 e. The lowest BCUT2D eigenvalue weighted by atomic mass is 9.86. The van der Waals surface area contributed by atoms with Crippen molar-refractivity contribution in [3.63, 3.8) is 0 Å². The van der Waals surface area contributed by atoms with Gasteiger partial charge in [0.1, 0.15) is 6.10 Å². The highest BCUT2D eigenvalue weighted by Crippen LogP contribution is 2.38. The van der Waals surface area contributed by atoms with Crippen LogP contribution in [-0.2, 0) is 15.7 Å². The Hall–Kier alpha value is -2.52. The second kappa shape index (κ2) is 7.81. The number of fused-ring (bicyclic) bond motifs is 1. The summed E-state index contributed by atoms with van der Waals surface area (Å²) >= 11 is 0. The summed E-state index contributed by atoms with van der Waals surface area (Å²) in [6.07, 6.45) is -0.287. The fourth-order valence-corrected chi connectivity index (χ4v) is 5.25. The van der Waals surface area contributed by atoms with Gasteiger partial charge in [0.05, 0.1) is 16.5 Å². The summed E-state index contributed by atoms with van der Waals surface area (Å²) in [5, 5.41) is 3.79. The van der Waals surface area contributed by atoms with Crippen molar-refractivity contribution in [2.45, 2.75) is 38.1 Å². The summed E-state index contributed by atoms with van der Waals surface area (Å²) in [5.41, 5.74) is -0.106. The van der Waals surface area contributed by atoms with E-state index in [1.54, 1.807) is 12.1 Å². The van der Waals surface area contributed by atoms with Crippen LogP contribution in [0.15, 0.2) is 30.5 Å². The highest BCUT2D eigenvalue weighted by atomic mass is 19.4. The molecular formula is C23H26F3N4O2+. The summed E-state index contributed by atoms with van der Waals surface area (Å²) < 4.78 is 48.2. The molecular weight excluding hydrogens is 421 g/mol. The molecule has 2 saturated heterocycles. The summed E-state index contributed by atoms with van der Waals surface area (Å²) in [6, 6.07) is 5.78. The standard InChI is InChI=1S/C23H26F3N4O2/c1-15-11-30(18-5-4-17(23(24,25)26)20-16(18)3-2-8-28-20)12-19(32-15)21(31)29-10-7-22(14-29)6-9-27-13-22/h2-5,8,11,15,19,27H,6-7,9-10,12-14H2,1H3/q+1/t15-,19-,22?/m1/s1. The lowest BCUT2D eigenvalue weighted by Gasteiger charge is -2.28. The minimum absolute atomic E-state index is 0.0481. The first kappa shape index (κ1) is 21.3. The van der Waals surface area contributed by atoms with Crippen molar-refractivity contribution in [3.8, 4) is 0 Å². The zero-order chi connectivity index (χ0) is 22.5. The predicted octanol–water partition coefficient (Wildman–Crippen LogP) is 2.97. The Bertz CT molecular complexity index is 1080. The topological polar surface area (TPSA) is 57.5 Å². The van der Waals surface area contributed by atoms with Crippen molar-refractivity contribution in [1.82, 2.24) is 15.2 Å². The number of likely N-dealkylation sites (tertiary alicyclic amines) is 1. The summed E-state index contributed by atoms with van der Waals surface area (Å²) in [7, 11) is 0. The van der Waals surface area contributed by atoms with Gasteiger partial charge in [-0.3, -0.25) is 9.78 Å². The molecule has 6 nitrogen and oxygen atoms in total. The van der Waals surface area contributed by atoms with Gasteiger partial charge < -0.3 is 15.0 Å². The second-order valence-corrected chi connectivity index (χ2v) is 9.10. The highest BCUT2D eigenvalue weighted by molar-refractivity contribution is 5.91. The molecule has 1 spiro atoms. The van der Waals surface area contributed by atoms with Crippen LogP contribution in [0, 0.1) is 5.41 Å². The van der Waals surface area contributed by atoms with Gasteiger partial charge in [0.25, 0.3) is 5.91 Å². The summed E-state index contributed by atoms with van der Waals surface area (Å²) in [4.78, 5) is 19.2. The molecule has 1 aromatic heterocycles. The molecule has 3 aliphatic rings. The molecule has 2 fully saturated rings. The number of benzene rings is 1. The number of rotatable bonds is 2. The zero-order valence-electron chi connectivity index (χ0n) is 17.9. The van der Waals surface area contributed by atoms with Crippen LogP contribution in [0.2, 0.25) is 0 Å². The van der Waals surface area contributed by atoms with E-state index in [2.05, 4.69) is 10.3 Å². The van der Waals surface area contributed by atoms with Crippen LogP contribution in [0.3, 0.4) is 0 Å². The monoisotopic (exact) mass is 447 g/mol. The van der Waals surface area contributed by atoms with E-state index in [4.69, 9.17) is 4.74 Å². The number of amides is 1. The van der Waals surface area contributed by atoms with E-state index >= 15 is 0 Å². The number of pyridine rings is 1. The normalized spacial score (nSPS) is 28.5. The molecule has 170 valence electrons. The number of hydrogen-bond acceptors (Lipinski definition) is 4. The number of carbonyl (C=O) groups is 1. The molecule has 1 unspecified atom stereocenters. The van der Waals surface area contributed by atoms with Gasteiger partial charge in [0.15, 0.2) is 18.9 Å². The molecule has 0 saturated carbocycles. The van der Waals surface area contributed by atoms with Crippen molar-refractivity contribution >= 4 is 28.7 Å². The Morgan fingerprint density at radius 3 is 2.91 bits per heavy atom. The molecule has 1 N–H and O–H groups in total. The summed E-state index contributed by atoms with van der Waals surface area (Å²) in [5.74, 6) is -0.0481. The van der Waals surface area contributed by atoms with Gasteiger partial charge in [-0.15, -0.1) is 0 Å². The van der Waals surface area contributed by atoms with Gasteiger partial charge in [-0.05, 0) is 44.5 Å². The third-order valence-corrected chi connectivity index (χ3v) is 6.85. The van der Waals surface area contributed by atoms with E-state index in [0.717, 1.165) is 38.5 Å². The SMILES string of the molecule is C[C@@H]1C=[N+](c2ccc(C(F)(F)F)c3ncccc23)C[C@H](C(=O)N2CCC3(CCNC3)C2)O1. The van der Waals surface area contributed by atoms with Crippen molar-refractivity contribution in [1.29, 1.82) is 0 Å². The van der Waals surface area contributed by atoms with Crippen molar-refractivity contribution < 1.29 is 27.3 Å². The average molecular weight is 447 g/mol. The molecule has 32 heavy (non-hydrogen) atoms. The molecule has 3 aliphatic heterocycles. The lowest BCUT2D eigenvalue weighted by Crippen LogP contribution is -2.48. The van der Waals surface area contributed by atoms with Crippen LogP contribution in [0.5, 0.6) is 0 Å². The Morgan fingerprint density at radius 2 is 2.16 bits per heavy atom. The van der Waals surface area contributed by atoms with Crippen molar-refractivity contribution in [2.75, 3.05) is 32.7 Å². The van der Waals surface area contributed by atoms with Crippen LogP contribution in [0.25, 0.3) is 10.9 Å². The number of nitrogens with zero attached hydrogens (tertiary/aromatic N) is 3. The van der Waals surface area contributed by atoms with E-state index in [1.807, 2.05) is 22.6 Å². The Kier molecular flexibility index (Phi) is 5.21. The molecule has 1 aromatic carbocycles. The molecule has 0 aliphatic carbocycles. The molecule has 0 bridgehead atoms. The number of halogens is 3. The zero-order valence-corrected chi connectivity index (χ0v) is 17.9. The van der Waals surface area contributed by atoms with E-state index in [9.17, 15) is 18.0 Å². The predicted molar refractivity (Wildman–Crippen MR) is 113 cm³/mol. The third kappa shape index (κ3) is 3.77. The maximum Gasteiger partial charge on any atom is 0.418 e. The molecule has 4 heterocycles. The van der Waals surface area contributed by atoms with Gasteiger partial charge in [0.2, 0.25) is 5.69 Å². The number of carbonyl (C=O) groups excluding carboxylic acids is 1. The third-order valence-electron chi connectivity index (χ3n) is 6.85. The Morgan fingerprint density at radius 1 is 1.31 bits per heavy atom. The number of nitrogens with one attached hydrogen (secondary N) is 1. The number of alkyl halides is 3. The number of hydrogen-bond donors (Lipinski definition) is 1. The lowest BCUT2D eigenvalue weighted by molar-refractivity contribution is -0.459. The van der Waals surface area contributed by atoms with E-state index in [1.165, 1.54) is 12.3 Å². The number of aromatic nitrogens is 1. The van der Waals surface area contributed by atoms with E-state index in [-0.39, 0.29) is 29.5 Å². The quantitative estimate of drug-likeness (QED) is 0.720.